The zero-order chi connectivity index (χ0) is 29.2. The summed E-state index contributed by atoms with van der Waals surface area (Å²) in [5.41, 5.74) is -1.32. The third-order valence-corrected chi connectivity index (χ3v) is 6.88. The van der Waals surface area contributed by atoms with Gasteiger partial charge in [0.15, 0.2) is 22.7 Å². The maximum absolute atomic E-state index is 13.2. The highest BCUT2D eigenvalue weighted by Gasteiger charge is 2.36. The molecule has 6 rings (SSSR count). The first-order chi connectivity index (χ1) is 19.5. The molecule has 0 amide bonds. The minimum atomic E-state index is -0.914. The second-order valence-corrected chi connectivity index (χ2v) is 9.49. The first-order valence-corrected chi connectivity index (χ1v) is 12.2. The van der Waals surface area contributed by atoms with E-state index < -0.39 is 46.1 Å². The number of phenols is 7. The minimum absolute atomic E-state index is 0.0138. The summed E-state index contributed by atoms with van der Waals surface area (Å²) in [6.45, 7) is 0. The van der Waals surface area contributed by atoms with Gasteiger partial charge in [-0.1, -0.05) is 12.1 Å². The maximum Gasteiger partial charge on any atom is 0.197 e. The van der Waals surface area contributed by atoms with Gasteiger partial charge in [0.25, 0.3) is 0 Å². The summed E-state index contributed by atoms with van der Waals surface area (Å²) in [5.74, 6) is -4.59. The summed E-state index contributed by atoms with van der Waals surface area (Å²) in [6.07, 6.45) is -1.11. The van der Waals surface area contributed by atoms with Crippen molar-refractivity contribution >= 4 is 16.8 Å². The van der Waals surface area contributed by atoms with Gasteiger partial charge in [0.05, 0.1) is 12.0 Å². The van der Waals surface area contributed by atoms with E-state index >= 15 is 0 Å². The third-order valence-electron chi connectivity index (χ3n) is 6.88. The third kappa shape index (κ3) is 4.07. The molecule has 11 heteroatoms. The SMILES string of the molecule is O=C1CC(c2ccc(O)cc2)Oc2c1c(O)cc(O)c2-c1c(-c2cc(=O)c3c(O)cc(O)cc3o2)ccc(O)c1O. The van der Waals surface area contributed by atoms with Crippen molar-refractivity contribution in [1.82, 2.24) is 0 Å². The average molecular weight is 556 g/mol. The maximum atomic E-state index is 13.2. The summed E-state index contributed by atoms with van der Waals surface area (Å²) in [5, 5.41) is 72.6. The second kappa shape index (κ2) is 9.12. The Morgan fingerprint density at radius 2 is 1.37 bits per heavy atom. The van der Waals surface area contributed by atoms with Crippen LogP contribution >= 0.6 is 0 Å². The molecule has 1 atom stereocenters. The van der Waals surface area contributed by atoms with Crippen LogP contribution in [0.5, 0.6) is 46.0 Å². The molecule has 4 aromatic carbocycles. The van der Waals surface area contributed by atoms with Gasteiger partial charge in [-0.15, -0.1) is 0 Å². The highest BCUT2D eigenvalue weighted by Crippen LogP contribution is 2.55. The van der Waals surface area contributed by atoms with Crippen LogP contribution in [0.4, 0.5) is 0 Å². The van der Waals surface area contributed by atoms with Crippen molar-refractivity contribution in [2.24, 2.45) is 0 Å². The number of phenolic OH excluding ortho intramolecular Hbond substituents is 7. The monoisotopic (exact) mass is 556 g/mol. The lowest BCUT2D eigenvalue weighted by atomic mass is 9.88. The predicted molar refractivity (Wildman–Crippen MR) is 144 cm³/mol. The van der Waals surface area contributed by atoms with Crippen LogP contribution in [0.1, 0.15) is 28.4 Å². The number of carbonyl (C=O) groups excluding carboxylic acids is 1. The smallest absolute Gasteiger partial charge is 0.197 e. The molecule has 7 N–H and O–H groups in total. The Labute approximate surface area is 229 Å². The van der Waals surface area contributed by atoms with E-state index in [1.54, 1.807) is 0 Å². The summed E-state index contributed by atoms with van der Waals surface area (Å²) < 4.78 is 11.9. The number of benzene rings is 4. The standard InChI is InChI=1S/C30H20O11/c31-13-3-1-12(2-4-13)22-10-21(38)27-18(35)9-19(36)28(30(27)41-22)25-15(5-6-16(33)29(25)39)23-11-20(37)26-17(34)7-14(32)8-24(26)40-23/h1-9,11,22,31-36,39H,10H2. The van der Waals surface area contributed by atoms with Crippen molar-refractivity contribution in [2.45, 2.75) is 12.5 Å². The normalized spacial score (nSPS) is 14.5. The molecule has 41 heavy (non-hydrogen) atoms. The molecular weight excluding hydrogens is 536 g/mol. The highest BCUT2D eigenvalue weighted by atomic mass is 16.5. The number of aromatic hydroxyl groups is 7. The molecule has 11 nitrogen and oxygen atoms in total. The number of hydrogen-bond acceptors (Lipinski definition) is 11. The van der Waals surface area contributed by atoms with E-state index in [0.29, 0.717) is 5.56 Å². The molecule has 5 aromatic rings. The molecule has 1 aromatic heterocycles. The van der Waals surface area contributed by atoms with Crippen molar-refractivity contribution in [3.8, 4) is 68.4 Å². The van der Waals surface area contributed by atoms with E-state index in [-0.39, 0.29) is 62.7 Å². The van der Waals surface area contributed by atoms with Crippen LogP contribution < -0.4 is 10.2 Å². The number of hydrogen-bond donors (Lipinski definition) is 7. The Bertz CT molecular complexity index is 1960. The molecule has 0 bridgehead atoms. The van der Waals surface area contributed by atoms with Gasteiger partial charge in [-0.25, -0.2) is 0 Å². The number of ether oxygens (including phenoxy) is 1. The summed E-state index contributed by atoms with van der Waals surface area (Å²) in [4.78, 5) is 26.2. The number of fused-ring (bicyclic) bond motifs is 2. The lowest BCUT2D eigenvalue weighted by Gasteiger charge is -2.29. The van der Waals surface area contributed by atoms with Crippen LogP contribution in [-0.4, -0.2) is 41.5 Å². The van der Waals surface area contributed by atoms with E-state index in [1.807, 2.05) is 0 Å². The Morgan fingerprint density at radius 3 is 2.10 bits per heavy atom. The fourth-order valence-corrected chi connectivity index (χ4v) is 5.01. The highest BCUT2D eigenvalue weighted by molar-refractivity contribution is 6.07. The van der Waals surface area contributed by atoms with Crippen molar-refractivity contribution in [3.63, 3.8) is 0 Å². The van der Waals surface area contributed by atoms with Crippen LogP contribution in [0.3, 0.4) is 0 Å². The first-order valence-electron chi connectivity index (χ1n) is 12.2. The van der Waals surface area contributed by atoms with Crippen molar-refractivity contribution < 1.29 is 49.7 Å². The molecule has 0 saturated heterocycles. The van der Waals surface area contributed by atoms with Crippen LogP contribution in [0.15, 0.2) is 69.9 Å². The molecular formula is C30H20O11. The molecule has 206 valence electrons. The van der Waals surface area contributed by atoms with Gasteiger partial charge in [-0.2, -0.15) is 0 Å². The van der Waals surface area contributed by atoms with E-state index in [2.05, 4.69) is 0 Å². The average Bonchev–Trinajstić information content (AvgIpc) is 2.90. The van der Waals surface area contributed by atoms with Crippen LogP contribution in [0.2, 0.25) is 0 Å². The Hall–Kier alpha value is -5.84. The summed E-state index contributed by atoms with van der Waals surface area (Å²) >= 11 is 0. The zero-order valence-corrected chi connectivity index (χ0v) is 20.8. The zero-order valence-electron chi connectivity index (χ0n) is 20.8. The van der Waals surface area contributed by atoms with E-state index in [9.17, 15) is 45.3 Å². The number of Topliss-reactive ketones (excluding diaryl/α,β-unsaturated/α-hetero) is 1. The van der Waals surface area contributed by atoms with Gasteiger partial charge in [0, 0.05) is 35.4 Å². The van der Waals surface area contributed by atoms with Gasteiger partial charge < -0.3 is 44.9 Å². The van der Waals surface area contributed by atoms with Crippen molar-refractivity contribution in [3.05, 3.63) is 82.0 Å². The van der Waals surface area contributed by atoms with Gasteiger partial charge in [0.2, 0.25) is 0 Å². The van der Waals surface area contributed by atoms with Gasteiger partial charge >= 0.3 is 0 Å². The summed E-state index contributed by atoms with van der Waals surface area (Å²) in [7, 11) is 0. The Morgan fingerprint density at radius 1 is 0.659 bits per heavy atom. The van der Waals surface area contributed by atoms with Crippen LogP contribution in [0.25, 0.3) is 33.4 Å². The van der Waals surface area contributed by atoms with E-state index in [0.717, 1.165) is 30.3 Å². The molecule has 0 spiro atoms. The Kier molecular flexibility index (Phi) is 5.66. The molecule has 1 aliphatic heterocycles. The largest absolute Gasteiger partial charge is 0.508 e. The topological polar surface area (TPSA) is 198 Å². The molecule has 1 unspecified atom stereocenters. The lowest BCUT2D eigenvalue weighted by Crippen LogP contribution is -2.21. The molecule has 2 heterocycles. The number of rotatable bonds is 3. The first kappa shape index (κ1) is 25.4. The second-order valence-electron chi connectivity index (χ2n) is 9.49. The summed E-state index contributed by atoms with van der Waals surface area (Å²) in [6, 6.07) is 12.2. The quantitative estimate of drug-likeness (QED) is 0.151. The predicted octanol–water partition coefficient (Wildman–Crippen LogP) is 4.77. The lowest BCUT2D eigenvalue weighted by molar-refractivity contribution is 0.0846. The fourth-order valence-electron chi connectivity index (χ4n) is 5.01. The van der Waals surface area contributed by atoms with Crippen LogP contribution in [0, 0.1) is 0 Å². The molecule has 0 fully saturated rings. The van der Waals surface area contributed by atoms with Crippen LogP contribution in [-0.2, 0) is 0 Å². The minimum Gasteiger partial charge on any atom is -0.508 e. The molecule has 1 aliphatic rings. The molecule has 0 radical (unpaired) electrons. The number of carbonyl (C=O) groups is 1. The molecule has 0 saturated carbocycles. The number of ketones is 1. The van der Waals surface area contributed by atoms with Crippen molar-refractivity contribution in [1.29, 1.82) is 0 Å². The van der Waals surface area contributed by atoms with Gasteiger partial charge in [-0.3, -0.25) is 9.59 Å². The van der Waals surface area contributed by atoms with Gasteiger partial charge in [-0.05, 0) is 29.8 Å². The van der Waals surface area contributed by atoms with Crippen molar-refractivity contribution in [2.75, 3.05) is 0 Å². The van der Waals surface area contributed by atoms with E-state index in [4.69, 9.17) is 9.15 Å². The fraction of sp³-hybridized carbons (Fsp3) is 0.0667. The van der Waals surface area contributed by atoms with Gasteiger partial charge in [0.1, 0.15) is 62.9 Å². The molecule has 0 aliphatic carbocycles. The Balaban J connectivity index is 1.63. The van der Waals surface area contributed by atoms with E-state index in [1.165, 1.54) is 30.3 Å².